The van der Waals surface area contributed by atoms with Crippen LogP contribution in [0.25, 0.3) is 0 Å². The second-order valence-corrected chi connectivity index (χ2v) is 7.17. The zero-order valence-electron chi connectivity index (χ0n) is 10.8. The van der Waals surface area contributed by atoms with Crippen molar-refractivity contribution in [3.63, 3.8) is 0 Å². The molecule has 0 saturated carbocycles. The van der Waals surface area contributed by atoms with Crippen LogP contribution >= 0.6 is 11.3 Å². The van der Waals surface area contributed by atoms with Crippen molar-refractivity contribution >= 4 is 27.3 Å². The number of aromatic nitrogens is 1. The van der Waals surface area contributed by atoms with Gasteiger partial charge in [-0.05, 0) is 20.3 Å². The van der Waals surface area contributed by atoms with Crippen molar-refractivity contribution in [2.24, 2.45) is 0 Å². The van der Waals surface area contributed by atoms with Gasteiger partial charge in [0.05, 0.1) is 10.7 Å². The van der Waals surface area contributed by atoms with E-state index in [1.54, 1.807) is 13.8 Å². The molecule has 1 amide bonds. The number of nitrogens with one attached hydrogen (secondary N) is 1. The average molecular weight is 290 g/mol. The molecule has 0 aliphatic rings. The molecule has 1 N–H and O–H groups in total. The lowest BCUT2D eigenvalue weighted by molar-refractivity contribution is -0.119. The first-order valence-corrected chi connectivity index (χ1v) is 8.16. The molecule has 5 nitrogen and oxygen atoms in total. The largest absolute Gasteiger partial charge is 0.275 e. The van der Waals surface area contributed by atoms with E-state index in [0.717, 1.165) is 24.2 Å². The Morgan fingerprint density at radius 1 is 1.33 bits per heavy atom. The van der Waals surface area contributed by atoms with Crippen molar-refractivity contribution in [3.8, 4) is 0 Å². The Kier molecular flexibility index (Phi) is 5.28. The Morgan fingerprint density at radius 3 is 2.50 bits per heavy atom. The highest BCUT2D eigenvalue weighted by Gasteiger charge is 2.22. The van der Waals surface area contributed by atoms with Crippen LogP contribution in [0.3, 0.4) is 0 Å². The molecule has 102 valence electrons. The number of rotatable bonds is 6. The Labute approximate surface area is 112 Å². The van der Waals surface area contributed by atoms with Gasteiger partial charge in [0.15, 0.2) is 4.21 Å². The number of carbonyl (C=O) groups is 1. The molecule has 0 radical (unpaired) electrons. The predicted molar refractivity (Wildman–Crippen MR) is 71.1 cm³/mol. The van der Waals surface area contributed by atoms with Crippen LogP contribution in [-0.4, -0.2) is 19.3 Å². The predicted octanol–water partition coefficient (Wildman–Crippen LogP) is 2.15. The molecular formula is C11H18N2O3S2. The van der Waals surface area contributed by atoms with Crippen LogP contribution in [0.15, 0.2) is 4.21 Å². The second-order valence-electron chi connectivity index (χ2n) is 4.09. The van der Waals surface area contributed by atoms with E-state index in [4.69, 9.17) is 0 Å². The summed E-state index contributed by atoms with van der Waals surface area (Å²) in [5.74, 6) is -0.450. The van der Waals surface area contributed by atoms with Crippen molar-refractivity contribution in [1.29, 1.82) is 0 Å². The SMILES string of the molecule is CCCCCC(=O)NS(=O)(=O)c1sc(C)nc1C. The van der Waals surface area contributed by atoms with Gasteiger partial charge >= 0.3 is 0 Å². The van der Waals surface area contributed by atoms with Crippen LogP contribution in [0.5, 0.6) is 0 Å². The summed E-state index contributed by atoms with van der Waals surface area (Å²) in [5.41, 5.74) is 0.436. The summed E-state index contributed by atoms with van der Waals surface area (Å²) in [6, 6.07) is 0. The topological polar surface area (TPSA) is 76.1 Å². The highest BCUT2D eigenvalue weighted by Crippen LogP contribution is 2.22. The molecule has 0 bridgehead atoms. The third-order valence-corrected chi connectivity index (χ3v) is 5.42. The maximum Gasteiger partial charge on any atom is 0.275 e. The quantitative estimate of drug-likeness (QED) is 0.814. The summed E-state index contributed by atoms with van der Waals surface area (Å²) >= 11 is 1.08. The van der Waals surface area contributed by atoms with E-state index in [2.05, 4.69) is 9.71 Å². The summed E-state index contributed by atoms with van der Waals surface area (Å²) in [6.07, 6.45) is 2.86. The van der Waals surface area contributed by atoms with Gasteiger partial charge in [-0.25, -0.2) is 18.1 Å². The fraction of sp³-hybridized carbons (Fsp3) is 0.636. The van der Waals surface area contributed by atoms with Crippen LogP contribution in [0.1, 0.15) is 43.3 Å². The van der Waals surface area contributed by atoms with E-state index in [-0.39, 0.29) is 10.6 Å². The van der Waals surface area contributed by atoms with Crippen LogP contribution < -0.4 is 4.72 Å². The van der Waals surface area contributed by atoms with Crippen molar-refractivity contribution in [2.75, 3.05) is 0 Å². The lowest BCUT2D eigenvalue weighted by atomic mass is 10.2. The van der Waals surface area contributed by atoms with Gasteiger partial charge in [-0.15, -0.1) is 11.3 Å². The standard InChI is InChI=1S/C11H18N2O3S2/c1-4-5-6-7-10(14)13-18(15,16)11-8(2)12-9(3)17-11/h4-7H2,1-3H3,(H,13,14). The van der Waals surface area contributed by atoms with Gasteiger partial charge in [-0.1, -0.05) is 19.8 Å². The van der Waals surface area contributed by atoms with E-state index < -0.39 is 15.9 Å². The smallest absolute Gasteiger partial charge is 0.274 e. The zero-order chi connectivity index (χ0) is 13.8. The Bertz CT molecular complexity index is 520. The Morgan fingerprint density at radius 2 is 2.00 bits per heavy atom. The summed E-state index contributed by atoms with van der Waals surface area (Å²) in [4.78, 5) is 15.6. The number of carbonyl (C=O) groups excluding carboxylic acids is 1. The molecular weight excluding hydrogens is 272 g/mol. The van der Waals surface area contributed by atoms with E-state index in [0.29, 0.717) is 17.1 Å². The Balaban J connectivity index is 2.71. The van der Waals surface area contributed by atoms with Gasteiger partial charge in [0.25, 0.3) is 10.0 Å². The van der Waals surface area contributed by atoms with Crippen LogP contribution in [0.4, 0.5) is 0 Å². The minimum atomic E-state index is -3.75. The first-order valence-electron chi connectivity index (χ1n) is 5.86. The molecule has 1 rings (SSSR count). The molecule has 1 heterocycles. The maximum absolute atomic E-state index is 11.9. The third kappa shape index (κ3) is 4.06. The van der Waals surface area contributed by atoms with Crippen LogP contribution in [-0.2, 0) is 14.8 Å². The highest BCUT2D eigenvalue weighted by atomic mass is 32.2. The maximum atomic E-state index is 11.9. The number of nitrogens with zero attached hydrogens (tertiary/aromatic N) is 1. The van der Waals surface area contributed by atoms with E-state index in [9.17, 15) is 13.2 Å². The van der Waals surface area contributed by atoms with Gasteiger partial charge in [0.1, 0.15) is 0 Å². The van der Waals surface area contributed by atoms with E-state index >= 15 is 0 Å². The van der Waals surface area contributed by atoms with Gasteiger partial charge in [-0.2, -0.15) is 0 Å². The average Bonchev–Trinajstić information content (AvgIpc) is 2.58. The number of unbranched alkanes of at least 4 members (excludes halogenated alkanes) is 2. The monoisotopic (exact) mass is 290 g/mol. The molecule has 7 heteroatoms. The first-order chi connectivity index (χ1) is 8.36. The molecule has 18 heavy (non-hydrogen) atoms. The van der Waals surface area contributed by atoms with Crippen molar-refractivity contribution in [2.45, 2.75) is 50.7 Å². The third-order valence-electron chi connectivity index (χ3n) is 2.36. The molecule has 1 aromatic rings. The number of hydrogen-bond acceptors (Lipinski definition) is 5. The lowest BCUT2D eigenvalue weighted by Crippen LogP contribution is -2.30. The molecule has 0 fully saturated rings. The molecule has 0 atom stereocenters. The van der Waals surface area contributed by atoms with Gasteiger partial charge in [-0.3, -0.25) is 4.79 Å². The molecule has 0 aliphatic heterocycles. The molecule has 0 aliphatic carbocycles. The fourth-order valence-electron chi connectivity index (χ4n) is 1.54. The molecule has 0 unspecified atom stereocenters. The number of amides is 1. The Hall–Kier alpha value is -0.950. The van der Waals surface area contributed by atoms with Gasteiger partial charge in [0.2, 0.25) is 5.91 Å². The highest BCUT2D eigenvalue weighted by molar-refractivity contribution is 7.92. The van der Waals surface area contributed by atoms with Crippen molar-refractivity contribution in [1.82, 2.24) is 9.71 Å². The van der Waals surface area contributed by atoms with Crippen molar-refractivity contribution in [3.05, 3.63) is 10.7 Å². The minimum Gasteiger partial charge on any atom is -0.274 e. The summed E-state index contributed by atoms with van der Waals surface area (Å²) in [6.45, 7) is 5.39. The van der Waals surface area contributed by atoms with Gasteiger partial charge in [0, 0.05) is 6.42 Å². The molecule has 0 spiro atoms. The fourth-order valence-corrected chi connectivity index (χ4v) is 4.04. The van der Waals surface area contributed by atoms with Crippen LogP contribution in [0.2, 0.25) is 0 Å². The normalized spacial score (nSPS) is 11.5. The zero-order valence-corrected chi connectivity index (χ0v) is 12.4. The van der Waals surface area contributed by atoms with Crippen LogP contribution in [0, 0.1) is 13.8 Å². The summed E-state index contributed by atoms with van der Waals surface area (Å²) in [5, 5.41) is 0.673. The number of sulfonamides is 1. The molecule has 1 aromatic heterocycles. The molecule has 0 aromatic carbocycles. The van der Waals surface area contributed by atoms with Gasteiger partial charge < -0.3 is 0 Å². The summed E-state index contributed by atoms with van der Waals surface area (Å²) in [7, 11) is -3.75. The second kappa shape index (κ2) is 6.29. The molecule has 0 saturated heterocycles. The number of thiazole rings is 1. The summed E-state index contributed by atoms with van der Waals surface area (Å²) < 4.78 is 26.1. The number of hydrogen-bond donors (Lipinski definition) is 1. The minimum absolute atomic E-state index is 0.129. The first kappa shape index (κ1) is 15.1. The van der Waals surface area contributed by atoms with E-state index in [1.165, 1.54) is 0 Å². The number of aryl methyl sites for hydroxylation is 2. The van der Waals surface area contributed by atoms with E-state index in [1.807, 2.05) is 6.92 Å². The van der Waals surface area contributed by atoms with Crippen molar-refractivity contribution < 1.29 is 13.2 Å². The lowest BCUT2D eigenvalue weighted by Gasteiger charge is -2.05.